The summed E-state index contributed by atoms with van der Waals surface area (Å²) in [4.78, 5) is 12.0. The first kappa shape index (κ1) is 18.0. The van der Waals surface area contributed by atoms with Gasteiger partial charge < -0.3 is 9.94 Å². The lowest BCUT2D eigenvalue weighted by Gasteiger charge is -2.56. The molecule has 4 fully saturated rings. The number of fused-ring (bicyclic) bond motifs is 6. The van der Waals surface area contributed by atoms with Crippen molar-refractivity contribution < 1.29 is 14.7 Å². The number of esters is 1. The van der Waals surface area contributed by atoms with E-state index in [4.69, 9.17) is 16.3 Å². The van der Waals surface area contributed by atoms with Gasteiger partial charge in [-0.1, -0.05) is 30.6 Å². The highest BCUT2D eigenvalue weighted by molar-refractivity contribution is 6.44. The first-order valence-electron chi connectivity index (χ1n) is 10.7. The van der Waals surface area contributed by atoms with E-state index in [0.29, 0.717) is 41.7 Å². The zero-order valence-electron chi connectivity index (χ0n) is 16.3. The van der Waals surface area contributed by atoms with Gasteiger partial charge in [-0.3, -0.25) is 4.79 Å². The number of allylic oxidation sites excluding steroid dienone is 2. The molecular weight excluding hydrogens is 362 g/mol. The average molecular weight is 392 g/mol. The summed E-state index contributed by atoms with van der Waals surface area (Å²) < 4.78 is 6.07. The molecule has 0 aromatic rings. The monoisotopic (exact) mass is 391 g/mol. The molecule has 5 rings (SSSR count). The number of ether oxygens (including phenoxy) is 1. The molecule has 148 valence electrons. The Kier molecular flexibility index (Phi) is 3.99. The molecule has 0 aromatic heterocycles. The Bertz CT molecular complexity index is 746. The van der Waals surface area contributed by atoms with Crippen molar-refractivity contribution in [2.75, 3.05) is 0 Å². The van der Waals surface area contributed by atoms with Crippen molar-refractivity contribution in [3.05, 3.63) is 10.6 Å². The Balaban J connectivity index is 1.49. The van der Waals surface area contributed by atoms with Gasteiger partial charge in [-0.05, 0) is 86.5 Å². The van der Waals surface area contributed by atoms with E-state index >= 15 is 0 Å². The summed E-state index contributed by atoms with van der Waals surface area (Å²) in [5.74, 6) is 3.16. The van der Waals surface area contributed by atoms with Gasteiger partial charge in [0.05, 0.1) is 10.7 Å². The van der Waals surface area contributed by atoms with Crippen LogP contribution in [0.3, 0.4) is 0 Å². The fourth-order valence-corrected chi connectivity index (χ4v) is 8.59. The number of carbonyl (C=O) groups excluding carboxylic acids is 1. The van der Waals surface area contributed by atoms with Crippen molar-refractivity contribution in [2.45, 2.75) is 77.2 Å². The van der Waals surface area contributed by atoms with Crippen LogP contribution in [0, 0.1) is 35.0 Å². The molecule has 6 unspecified atom stereocenters. The SMILES string of the molecule is C[C@H]1CC2(CCC(=O)O2)C2(C)CCC3C4CC/C(=N\O)C(Cl)=C4CCC3C12. The Morgan fingerprint density at radius 2 is 1.96 bits per heavy atom. The van der Waals surface area contributed by atoms with Gasteiger partial charge in [0.2, 0.25) is 0 Å². The summed E-state index contributed by atoms with van der Waals surface area (Å²) >= 11 is 6.60. The molecule has 0 radical (unpaired) electrons. The van der Waals surface area contributed by atoms with Crippen molar-refractivity contribution in [2.24, 2.45) is 40.2 Å². The van der Waals surface area contributed by atoms with Crippen LogP contribution >= 0.6 is 11.6 Å². The zero-order chi connectivity index (χ0) is 19.0. The van der Waals surface area contributed by atoms with E-state index < -0.39 is 0 Å². The second-order valence-corrected chi connectivity index (χ2v) is 10.4. The summed E-state index contributed by atoms with van der Waals surface area (Å²) in [5.41, 5.74) is 1.93. The molecule has 1 N–H and O–H groups in total. The quantitative estimate of drug-likeness (QED) is 0.347. The van der Waals surface area contributed by atoms with Crippen molar-refractivity contribution in [1.29, 1.82) is 0 Å². The fourth-order valence-electron chi connectivity index (χ4n) is 8.22. The van der Waals surface area contributed by atoms with Crippen LogP contribution in [0.2, 0.25) is 0 Å². The Morgan fingerprint density at radius 1 is 1.15 bits per heavy atom. The van der Waals surface area contributed by atoms with E-state index in [1.807, 2.05) is 0 Å². The standard InChI is InChI=1S/C22H30ClNO3/c1-12-11-22(10-8-18(25)27-22)21(2)9-7-14-13-5-6-17(24-26)20(23)16(13)4-3-15(14)19(12)21/h12-15,19,26H,3-11H2,1-2H3/b24-17+/t12-,13?,14?,15?,19?,21?,22?/m0/s1. The van der Waals surface area contributed by atoms with Crippen molar-refractivity contribution >= 4 is 23.3 Å². The highest BCUT2D eigenvalue weighted by Crippen LogP contribution is 2.69. The lowest BCUT2D eigenvalue weighted by atomic mass is 9.49. The maximum atomic E-state index is 12.0. The Labute approximate surface area is 166 Å². The highest BCUT2D eigenvalue weighted by Gasteiger charge is 2.68. The minimum atomic E-state index is -0.212. The molecule has 1 saturated heterocycles. The molecule has 1 heterocycles. The van der Waals surface area contributed by atoms with Crippen LogP contribution in [0.1, 0.15) is 71.6 Å². The molecule has 4 aliphatic carbocycles. The topological polar surface area (TPSA) is 58.9 Å². The van der Waals surface area contributed by atoms with Gasteiger partial charge in [0.25, 0.3) is 0 Å². The number of hydrogen-bond donors (Lipinski definition) is 1. The molecule has 5 aliphatic rings. The number of carbonyl (C=O) groups is 1. The third kappa shape index (κ3) is 2.28. The molecule has 4 nitrogen and oxygen atoms in total. The predicted octanol–water partition coefficient (Wildman–Crippen LogP) is 5.28. The summed E-state index contributed by atoms with van der Waals surface area (Å²) in [6, 6.07) is 0. The van der Waals surface area contributed by atoms with Crippen LogP contribution in [0.5, 0.6) is 0 Å². The summed E-state index contributed by atoms with van der Waals surface area (Å²) in [6.07, 6.45) is 8.94. The first-order valence-corrected chi connectivity index (χ1v) is 11.1. The highest BCUT2D eigenvalue weighted by atomic mass is 35.5. The molecule has 0 aromatic carbocycles. The van der Waals surface area contributed by atoms with E-state index in [0.717, 1.165) is 43.6 Å². The van der Waals surface area contributed by atoms with Crippen LogP contribution in [0.25, 0.3) is 0 Å². The molecule has 1 spiro atoms. The van der Waals surface area contributed by atoms with Crippen LogP contribution < -0.4 is 0 Å². The van der Waals surface area contributed by atoms with E-state index in [1.165, 1.54) is 18.4 Å². The van der Waals surface area contributed by atoms with Gasteiger partial charge in [0.15, 0.2) is 0 Å². The molecule has 5 heteroatoms. The third-order valence-corrected chi connectivity index (χ3v) is 9.61. The smallest absolute Gasteiger partial charge is 0.306 e. The van der Waals surface area contributed by atoms with Crippen LogP contribution in [0.15, 0.2) is 15.8 Å². The fraction of sp³-hybridized carbons (Fsp3) is 0.818. The van der Waals surface area contributed by atoms with Gasteiger partial charge in [-0.2, -0.15) is 0 Å². The summed E-state index contributed by atoms with van der Waals surface area (Å²) in [5, 5.41) is 13.4. The van der Waals surface area contributed by atoms with Gasteiger partial charge in [-0.25, -0.2) is 0 Å². The molecular formula is C22H30ClNO3. The Hall–Kier alpha value is -1.03. The molecule has 1 aliphatic heterocycles. The molecule has 3 saturated carbocycles. The average Bonchev–Trinajstić information content (AvgIpc) is 3.12. The van der Waals surface area contributed by atoms with Gasteiger partial charge in [0.1, 0.15) is 5.60 Å². The first-order chi connectivity index (χ1) is 12.9. The van der Waals surface area contributed by atoms with Crippen molar-refractivity contribution in [3.8, 4) is 0 Å². The van der Waals surface area contributed by atoms with Gasteiger partial charge in [-0.15, -0.1) is 0 Å². The van der Waals surface area contributed by atoms with Crippen LogP contribution in [0.4, 0.5) is 0 Å². The molecule has 7 atom stereocenters. The lowest BCUT2D eigenvalue weighted by Crippen LogP contribution is -2.53. The van der Waals surface area contributed by atoms with Crippen LogP contribution in [-0.4, -0.2) is 22.5 Å². The van der Waals surface area contributed by atoms with Gasteiger partial charge >= 0.3 is 5.97 Å². The normalized spacial score (nSPS) is 50.6. The number of rotatable bonds is 0. The van der Waals surface area contributed by atoms with Crippen molar-refractivity contribution in [1.82, 2.24) is 0 Å². The maximum absolute atomic E-state index is 12.0. The van der Waals surface area contributed by atoms with E-state index in [1.54, 1.807) is 0 Å². The predicted molar refractivity (Wildman–Crippen MR) is 104 cm³/mol. The van der Waals surface area contributed by atoms with E-state index in [2.05, 4.69) is 19.0 Å². The summed E-state index contributed by atoms with van der Waals surface area (Å²) in [6.45, 7) is 4.81. The number of hydrogen-bond acceptors (Lipinski definition) is 4. The molecule has 0 amide bonds. The van der Waals surface area contributed by atoms with Gasteiger partial charge in [0, 0.05) is 11.8 Å². The second kappa shape index (κ2) is 5.98. The Morgan fingerprint density at radius 3 is 2.67 bits per heavy atom. The third-order valence-electron chi connectivity index (χ3n) is 9.15. The van der Waals surface area contributed by atoms with Crippen molar-refractivity contribution in [3.63, 3.8) is 0 Å². The maximum Gasteiger partial charge on any atom is 0.306 e. The minimum absolute atomic E-state index is 0.00921. The molecule has 0 bridgehead atoms. The zero-order valence-corrected chi connectivity index (χ0v) is 17.1. The van der Waals surface area contributed by atoms with E-state index in [9.17, 15) is 10.0 Å². The minimum Gasteiger partial charge on any atom is -0.458 e. The van der Waals surface area contributed by atoms with Crippen LogP contribution in [-0.2, 0) is 9.53 Å². The molecule has 27 heavy (non-hydrogen) atoms. The number of oxime groups is 1. The number of nitrogens with zero attached hydrogens (tertiary/aromatic N) is 1. The summed E-state index contributed by atoms with van der Waals surface area (Å²) in [7, 11) is 0. The second-order valence-electron chi connectivity index (χ2n) is 10.0. The number of halogens is 1. The van der Waals surface area contributed by atoms with E-state index in [-0.39, 0.29) is 17.0 Å². The largest absolute Gasteiger partial charge is 0.458 e. The lowest BCUT2D eigenvalue weighted by molar-refractivity contribution is -0.166.